The van der Waals surface area contributed by atoms with Gasteiger partial charge in [0.1, 0.15) is 0 Å². The van der Waals surface area contributed by atoms with Crippen LogP contribution in [0.4, 0.5) is 0 Å². The first-order valence-electron chi connectivity index (χ1n) is 4.26. The van der Waals surface area contributed by atoms with Crippen molar-refractivity contribution < 1.29 is 12.6 Å². The predicted octanol–water partition coefficient (Wildman–Crippen LogP) is 0.571. The summed E-state index contributed by atoms with van der Waals surface area (Å²) >= 11 is 0. The fourth-order valence-electron chi connectivity index (χ4n) is 1.43. The highest BCUT2D eigenvalue weighted by Gasteiger charge is 2.23. The highest BCUT2D eigenvalue weighted by atomic mass is 32.2. The van der Waals surface area contributed by atoms with Gasteiger partial charge in [0, 0.05) is 13.1 Å². The molecule has 0 amide bonds. The first kappa shape index (κ1) is 10.5. The van der Waals surface area contributed by atoms with Gasteiger partial charge >= 0.3 is 0 Å². The molecule has 0 unspecified atom stereocenters. The van der Waals surface area contributed by atoms with Crippen molar-refractivity contribution in [2.45, 2.75) is 19.4 Å². The van der Waals surface area contributed by atoms with E-state index < -0.39 is 10.1 Å². The highest BCUT2D eigenvalue weighted by molar-refractivity contribution is 7.86. The van der Waals surface area contributed by atoms with Gasteiger partial charge in [-0.1, -0.05) is 6.08 Å². The maximum Gasteiger partial charge on any atom is 0.264 e. The lowest BCUT2D eigenvalue weighted by Gasteiger charge is -2.12. The van der Waals surface area contributed by atoms with E-state index >= 15 is 0 Å². The number of likely N-dealkylation sites (tertiary alicyclic amines) is 1. The third kappa shape index (κ3) is 3.78. The lowest BCUT2D eigenvalue weighted by Crippen LogP contribution is -2.21. The van der Waals surface area contributed by atoms with Crippen LogP contribution in [0.1, 0.15) is 13.3 Å². The molecule has 0 aromatic rings. The Morgan fingerprint density at radius 1 is 1.54 bits per heavy atom. The molecule has 0 bridgehead atoms. The van der Waals surface area contributed by atoms with E-state index in [2.05, 4.69) is 4.90 Å². The molecule has 0 aromatic heterocycles. The van der Waals surface area contributed by atoms with Crippen molar-refractivity contribution in [2.24, 2.45) is 0 Å². The lowest BCUT2D eigenvalue weighted by atomic mass is 10.3. The Morgan fingerprint density at radius 3 is 2.77 bits per heavy atom. The minimum atomic E-state index is -3.30. The molecule has 0 N–H and O–H groups in total. The van der Waals surface area contributed by atoms with E-state index in [1.165, 1.54) is 0 Å². The molecule has 1 aliphatic heterocycles. The Labute approximate surface area is 79.3 Å². The Morgan fingerprint density at radius 2 is 2.23 bits per heavy atom. The molecule has 0 aromatic carbocycles. The molecule has 76 valence electrons. The molecule has 1 fully saturated rings. The van der Waals surface area contributed by atoms with Crippen molar-refractivity contribution in [3.63, 3.8) is 0 Å². The van der Waals surface area contributed by atoms with Crippen LogP contribution in [0.25, 0.3) is 0 Å². The summed E-state index contributed by atoms with van der Waals surface area (Å²) in [5.74, 6) is 0. The lowest BCUT2D eigenvalue weighted by molar-refractivity contribution is 0.221. The standard InChI is InChI=1S/C8H15NO3S/c1-3-5-9-6-4-8(7-9)12-13(2,10)11/h3,5,8H,4,6-7H2,1-2H3/t8-/m1/s1. The average molecular weight is 205 g/mol. The summed E-state index contributed by atoms with van der Waals surface area (Å²) in [7, 11) is -3.30. The summed E-state index contributed by atoms with van der Waals surface area (Å²) in [5.41, 5.74) is 0. The van der Waals surface area contributed by atoms with Gasteiger partial charge in [-0.05, 0) is 19.5 Å². The molecule has 1 heterocycles. The maximum atomic E-state index is 10.8. The van der Waals surface area contributed by atoms with E-state index in [1.54, 1.807) is 0 Å². The molecule has 0 radical (unpaired) electrons. The van der Waals surface area contributed by atoms with Crippen LogP contribution < -0.4 is 0 Å². The van der Waals surface area contributed by atoms with Gasteiger partial charge in [0.15, 0.2) is 0 Å². The molecular weight excluding hydrogens is 190 g/mol. The minimum Gasteiger partial charge on any atom is -0.375 e. The molecular formula is C8H15NO3S. The molecule has 1 saturated heterocycles. The van der Waals surface area contributed by atoms with Crippen LogP contribution in [0.2, 0.25) is 0 Å². The van der Waals surface area contributed by atoms with Gasteiger partial charge in [-0.2, -0.15) is 8.42 Å². The second-order valence-corrected chi connectivity index (χ2v) is 4.79. The van der Waals surface area contributed by atoms with Crippen molar-refractivity contribution in [1.82, 2.24) is 4.90 Å². The summed E-state index contributed by atoms with van der Waals surface area (Å²) in [4.78, 5) is 2.05. The summed E-state index contributed by atoms with van der Waals surface area (Å²) < 4.78 is 26.5. The van der Waals surface area contributed by atoms with Crippen molar-refractivity contribution in [2.75, 3.05) is 19.3 Å². The van der Waals surface area contributed by atoms with Crippen LogP contribution in [0.5, 0.6) is 0 Å². The number of nitrogens with zero attached hydrogens (tertiary/aromatic N) is 1. The molecule has 13 heavy (non-hydrogen) atoms. The van der Waals surface area contributed by atoms with Gasteiger partial charge in [-0.25, -0.2) is 0 Å². The molecule has 1 rings (SSSR count). The number of hydrogen-bond acceptors (Lipinski definition) is 4. The zero-order valence-corrected chi connectivity index (χ0v) is 8.75. The van der Waals surface area contributed by atoms with Crippen molar-refractivity contribution in [3.8, 4) is 0 Å². The SMILES string of the molecule is CC=CN1CC[C@@H](OS(C)(=O)=O)C1. The van der Waals surface area contributed by atoms with Gasteiger partial charge < -0.3 is 4.90 Å². The summed E-state index contributed by atoms with van der Waals surface area (Å²) in [5, 5.41) is 0. The van der Waals surface area contributed by atoms with Crippen LogP contribution in [0, 0.1) is 0 Å². The van der Waals surface area contributed by atoms with E-state index in [-0.39, 0.29) is 6.10 Å². The van der Waals surface area contributed by atoms with E-state index in [0.29, 0.717) is 6.54 Å². The highest BCUT2D eigenvalue weighted by Crippen LogP contribution is 2.14. The van der Waals surface area contributed by atoms with E-state index in [4.69, 9.17) is 4.18 Å². The van der Waals surface area contributed by atoms with E-state index in [1.807, 2.05) is 19.2 Å². The van der Waals surface area contributed by atoms with Gasteiger partial charge in [-0.15, -0.1) is 0 Å². The van der Waals surface area contributed by atoms with E-state index in [9.17, 15) is 8.42 Å². The third-order valence-corrected chi connectivity index (χ3v) is 2.47. The normalized spacial score (nSPS) is 24.5. The summed E-state index contributed by atoms with van der Waals surface area (Å²) in [6, 6.07) is 0. The van der Waals surface area contributed by atoms with E-state index in [0.717, 1.165) is 19.2 Å². The smallest absolute Gasteiger partial charge is 0.264 e. The number of allylic oxidation sites excluding steroid dienone is 1. The van der Waals surface area contributed by atoms with Crippen molar-refractivity contribution in [1.29, 1.82) is 0 Å². The Hall–Kier alpha value is -0.550. The first-order chi connectivity index (χ1) is 6.01. The molecule has 0 spiro atoms. The quantitative estimate of drug-likeness (QED) is 0.632. The first-order valence-corrected chi connectivity index (χ1v) is 6.08. The third-order valence-electron chi connectivity index (χ3n) is 1.85. The molecule has 0 aliphatic carbocycles. The fourth-order valence-corrected chi connectivity index (χ4v) is 2.08. The summed E-state index contributed by atoms with van der Waals surface area (Å²) in [6.45, 7) is 3.46. The number of hydrogen-bond donors (Lipinski definition) is 0. The minimum absolute atomic E-state index is 0.175. The van der Waals surface area contributed by atoms with Gasteiger partial charge in [-0.3, -0.25) is 4.18 Å². The Kier molecular flexibility index (Phi) is 3.33. The van der Waals surface area contributed by atoms with Gasteiger partial charge in [0.05, 0.1) is 12.4 Å². The number of rotatable bonds is 3. The molecule has 5 heteroatoms. The summed E-state index contributed by atoms with van der Waals surface area (Å²) in [6.07, 6.45) is 5.57. The Bertz CT molecular complexity index is 284. The van der Waals surface area contributed by atoms with Crippen LogP contribution in [-0.4, -0.2) is 38.8 Å². The van der Waals surface area contributed by atoms with Gasteiger partial charge in [0.2, 0.25) is 0 Å². The zero-order chi connectivity index (χ0) is 9.90. The second kappa shape index (κ2) is 4.11. The van der Waals surface area contributed by atoms with Crippen LogP contribution in [0.15, 0.2) is 12.3 Å². The monoisotopic (exact) mass is 205 g/mol. The largest absolute Gasteiger partial charge is 0.375 e. The zero-order valence-electron chi connectivity index (χ0n) is 7.93. The van der Waals surface area contributed by atoms with Crippen molar-refractivity contribution in [3.05, 3.63) is 12.3 Å². The van der Waals surface area contributed by atoms with Crippen molar-refractivity contribution >= 4 is 10.1 Å². The molecule has 0 saturated carbocycles. The molecule has 4 nitrogen and oxygen atoms in total. The molecule has 1 atom stereocenters. The van der Waals surface area contributed by atoms with Crippen LogP contribution in [0.3, 0.4) is 0 Å². The predicted molar refractivity (Wildman–Crippen MR) is 50.7 cm³/mol. The van der Waals surface area contributed by atoms with Gasteiger partial charge in [0.25, 0.3) is 10.1 Å². The second-order valence-electron chi connectivity index (χ2n) is 3.19. The van der Waals surface area contributed by atoms with Crippen LogP contribution >= 0.6 is 0 Å². The molecule has 1 aliphatic rings. The topological polar surface area (TPSA) is 46.6 Å². The fraction of sp³-hybridized carbons (Fsp3) is 0.750. The maximum absolute atomic E-state index is 10.8. The average Bonchev–Trinajstić information content (AvgIpc) is 2.33. The van der Waals surface area contributed by atoms with Crippen LogP contribution in [-0.2, 0) is 14.3 Å². The Balaban J connectivity index is 2.42.